The monoisotopic (exact) mass is 304 g/mol. The Morgan fingerprint density at radius 1 is 0.913 bits per heavy atom. The molecule has 1 aromatic heterocycles. The largest absolute Gasteiger partial charge is 0.399 e. The van der Waals surface area contributed by atoms with Crippen molar-refractivity contribution >= 4 is 11.5 Å². The van der Waals surface area contributed by atoms with Crippen LogP contribution < -0.4 is 11.1 Å². The van der Waals surface area contributed by atoms with Crippen molar-refractivity contribution in [3.63, 3.8) is 0 Å². The van der Waals surface area contributed by atoms with Crippen LogP contribution in [-0.2, 0) is 0 Å². The van der Waals surface area contributed by atoms with Crippen molar-refractivity contribution in [1.29, 1.82) is 0 Å². The third kappa shape index (κ3) is 3.48. The fourth-order valence-corrected chi connectivity index (χ4v) is 2.44. The smallest absolute Gasteiger partial charge is 0.153 e. The van der Waals surface area contributed by atoms with Gasteiger partial charge in [0.15, 0.2) is 5.82 Å². The molecule has 3 N–H and O–H groups in total. The summed E-state index contributed by atoms with van der Waals surface area (Å²) in [5.74, 6) is 0.769. The van der Waals surface area contributed by atoms with Gasteiger partial charge in [0.1, 0.15) is 5.69 Å². The number of rotatable bonds is 4. The first-order valence-electron chi connectivity index (χ1n) is 7.63. The van der Waals surface area contributed by atoms with E-state index in [0.717, 1.165) is 22.8 Å². The number of nitrogens with zero attached hydrogens (tertiary/aromatic N) is 2. The van der Waals surface area contributed by atoms with Gasteiger partial charge in [0.25, 0.3) is 0 Å². The molecule has 0 unspecified atom stereocenters. The minimum absolute atomic E-state index is 0.139. The van der Waals surface area contributed by atoms with Gasteiger partial charge in [-0.3, -0.25) is 4.98 Å². The number of aryl methyl sites for hydroxylation is 1. The summed E-state index contributed by atoms with van der Waals surface area (Å²) in [6.45, 7) is 4.20. The lowest BCUT2D eigenvalue weighted by Crippen LogP contribution is -2.09. The average molecular weight is 304 g/mol. The number of hydrogen-bond donors (Lipinski definition) is 2. The van der Waals surface area contributed by atoms with Gasteiger partial charge >= 0.3 is 0 Å². The first kappa shape index (κ1) is 15.0. The van der Waals surface area contributed by atoms with Crippen LogP contribution in [0.3, 0.4) is 0 Å². The summed E-state index contributed by atoms with van der Waals surface area (Å²) in [5, 5.41) is 3.45. The van der Waals surface area contributed by atoms with Crippen molar-refractivity contribution in [1.82, 2.24) is 9.97 Å². The van der Waals surface area contributed by atoms with Gasteiger partial charge in [-0.25, -0.2) is 4.98 Å². The lowest BCUT2D eigenvalue weighted by Gasteiger charge is -2.17. The van der Waals surface area contributed by atoms with Crippen molar-refractivity contribution in [3.05, 3.63) is 72.1 Å². The highest BCUT2D eigenvalue weighted by molar-refractivity contribution is 5.72. The Kier molecular flexibility index (Phi) is 4.24. The van der Waals surface area contributed by atoms with Crippen LogP contribution >= 0.6 is 0 Å². The van der Waals surface area contributed by atoms with E-state index < -0.39 is 0 Å². The summed E-state index contributed by atoms with van der Waals surface area (Å²) in [6, 6.07) is 16.3. The quantitative estimate of drug-likeness (QED) is 0.709. The standard InChI is InChI=1S/C19H20N4/c1-13-3-5-15(6-4-13)14(2)23-19-18(21-11-12-22-19)16-7-9-17(20)10-8-16/h3-12,14H,20H2,1-2H3,(H,22,23)/t14-/m0/s1. The molecule has 1 heterocycles. The molecule has 4 nitrogen and oxygen atoms in total. The lowest BCUT2D eigenvalue weighted by atomic mass is 10.1. The molecular formula is C19H20N4. The fraction of sp³-hybridized carbons (Fsp3) is 0.158. The molecule has 116 valence electrons. The van der Waals surface area contributed by atoms with Crippen molar-refractivity contribution in [3.8, 4) is 11.3 Å². The molecule has 0 aliphatic heterocycles. The highest BCUT2D eigenvalue weighted by Crippen LogP contribution is 2.27. The van der Waals surface area contributed by atoms with E-state index in [0.29, 0.717) is 0 Å². The van der Waals surface area contributed by atoms with Crippen molar-refractivity contribution in [2.45, 2.75) is 19.9 Å². The Hall–Kier alpha value is -2.88. The molecule has 23 heavy (non-hydrogen) atoms. The Morgan fingerprint density at radius 3 is 2.26 bits per heavy atom. The Bertz CT molecular complexity index is 779. The van der Waals surface area contributed by atoms with Crippen LogP contribution in [0.1, 0.15) is 24.1 Å². The van der Waals surface area contributed by atoms with E-state index in [2.05, 4.69) is 53.4 Å². The number of nitrogens with two attached hydrogens (primary N) is 1. The predicted octanol–water partition coefficient (Wildman–Crippen LogP) is 4.21. The Labute approximate surface area is 136 Å². The molecule has 0 spiro atoms. The summed E-state index contributed by atoms with van der Waals surface area (Å²) >= 11 is 0. The van der Waals surface area contributed by atoms with Gasteiger partial charge in [-0.1, -0.05) is 42.0 Å². The van der Waals surface area contributed by atoms with E-state index in [4.69, 9.17) is 5.73 Å². The number of anilines is 2. The second kappa shape index (κ2) is 6.48. The molecular weight excluding hydrogens is 284 g/mol. The number of benzene rings is 2. The van der Waals surface area contributed by atoms with E-state index in [-0.39, 0.29) is 6.04 Å². The zero-order valence-electron chi connectivity index (χ0n) is 13.3. The van der Waals surface area contributed by atoms with Gasteiger partial charge in [0.05, 0.1) is 6.04 Å². The van der Waals surface area contributed by atoms with Crippen molar-refractivity contribution < 1.29 is 0 Å². The van der Waals surface area contributed by atoms with Crippen LogP contribution in [0.4, 0.5) is 11.5 Å². The Morgan fingerprint density at radius 2 is 1.57 bits per heavy atom. The normalized spacial score (nSPS) is 11.9. The van der Waals surface area contributed by atoms with E-state index in [1.807, 2.05) is 24.3 Å². The molecule has 3 aromatic rings. The second-order valence-electron chi connectivity index (χ2n) is 5.65. The number of nitrogen functional groups attached to an aromatic ring is 1. The topological polar surface area (TPSA) is 63.8 Å². The minimum atomic E-state index is 0.139. The summed E-state index contributed by atoms with van der Waals surface area (Å²) in [4.78, 5) is 8.93. The molecule has 2 aromatic carbocycles. The first-order valence-corrected chi connectivity index (χ1v) is 7.63. The first-order chi connectivity index (χ1) is 11.1. The van der Waals surface area contributed by atoms with E-state index in [9.17, 15) is 0 Å². The summed E-state index contributed by atoms with van der Waals surface area (Å²) < 4.78 is 0. The van der Waals surface area contributed by atoms with E-state index in [1.54, 1.807) is 12.4 Å². The van der Waals surface area contributed by atoms with Gasteiger partial charge in [-0.05, 0) is 31.5 Å². The highest BCUT2D eigenvalue weighted by Gasteiger charge is 2.11. The maximum Gasteiger partial charge on any atom is 0.153 e. The van der Waals surface area contributed by atoms with Gasteiger partial charge in [-0.2, -0.15) is 0 Å². The molecule has 0 aliphatic rings. The molecule has 0 radical (unpaired) electrons. The second-order valence-corrected chi connectivity index (χ2v) is 5.65. The fourth-order valence-electron chi connectivity index (χ4n) is 2.44. The van der Waals surface area contributed by atoms with Gasteiger partial charge in [0, 0.05) is 23.6 Å². The van der Waals surface area contributed by atoms with Gasteiger partial charge in [0.2, 0.25) is 0 Å². The molecule has 0 bridgehead atoms. The third-order valence-electron chi connectivity index (χ3n) is 3.81. The summed E-state index contributed by atoms with van der Waals surface area (Å²) in [6.07, 6.45) is 3.40. The van der Waals surface area contributed by atoms with Crippen LogP contribution in [0.2, 0.25) is 0 Å². The molecule has 0 saturated carbocycles. The van der Waals surface area contributed by atoms with E-state index in [1.165, 1.54) is 11.1 Å². The van der Waals surface area contributed by atoms with Crippen molar-refractivity contribution in [2.24, 2.45) is 0 Å². The van der Waals surface area contributed by atoms with Crippen LogP contribution in [0.15, 0.2) is 60.9 Å². The Balaban J connectivity index is 1.88. The van der Waals surface area contributed by atoms with Crippen molar-refractivity contribution in [2.75, 3.05) is 11.1 Å². The molecule has 0 amide bonds. The third-order valence-corrected chi connectivity index (χ3v) is 3.81. The number of hydrogen-bond acceptors (Lipinski definition) is 4. The zero-order chi connectivity index (χ0) is 16.2. The van der Waals surface area contributed by atoms with E-state index >= 15 is 0 Å². The highest BCUT2D eigenvalue weighted by atomic mass is 15.0. The summed E-state index contributed by atoms with van der Waals surface area (Å²) in [5.41, 5.74) is 10.8. The van der Waals surface area contributed by atoms with Gasteiger partial charge in [-0.15, -0.1) is 0 Å². The lowest BCUT2D eigenvalue weighted by molar-refractivity contribution is 0.872. The maximum absolute atomic E-state index is 5.76. The van der Waals surface area contributed by atoms with Crippen LogP contribution in [0.5, 0.6) is 0 Å². The van der Waals surface area contributed by atoms with Crippen LogP contribution in [0, 0.1) is 6.92 Å². The molecule has 3 rings (SSSR count). The SMILES string of the molecule is Cc1ccc([C@H](C)Nc2nccnc2-c2ccc(N)cc2)cc1. The zero-order valence-corrected chi connectivity index (χ0v) is 13.3. The van der Waals surface area contributed by atoms with Gasteiger partial charge < -0.3 is 11.1 Å². The molecule has 1 atom stereocenters. The minimum Gasteiger partial charge on any atom is -0.399 e. The molecule has 0 aliphatic carbocycles. The maximum atomic E-state index is 5.76. The molecule has 0 saturated heterocycles. The number of nitrogens with one attached hydrogen (secondary N) is 1. The summed E-state index contributed by atoms with van der Waals surface area (Å²) in [7, 11) is 0. The predicted molar refractivity (Wildman–Crippen MR) is 95.1 cm³/mol. The average Bonchev–Trinajstić information content (AvgIpc) is 2.57. The van der Waals surface area contributed by atoms with Crippen LogP contribution in [-0.4, -0.2) is 9.97 Å². The van der Waals surface area contributed by atoms with Crippen LogP contribution in [0.25, 0.3) is 11.3 Å². The molecule has 4 heteroatoms. The number of aromatic nitrogens is 2. The molecule has 0 fully saturated rings.